The zero-order valence-electron chi connectivity index (χ0n) is 14.8. The summed E-state index contributed by atoms with van der Waals surface area (Å²) in [5.74, 6) is -1.18. The Balaban J connectivity index is 1.75. The van der Waals surface area contributed by atoms with E-state index in [0.717, 1.165) is 21.5 Å². The molecule has 0 atom stereocenters. The van der Waals surface area contributed by atoms with Crippen LogP contribution in [0.3, 0.4) is 0 Å². The second-order valence-corrected chi connectivity index (χ2v) is 7.92. The van der Waals surface area contributed by atoms with Crippen molar-refractivity contribution in [2.45, 2.75) is 17.9 Å². The number of rotatable bonds is 7. The third-order valence-corrected chi connectivity index (χ3v) is 5.99. The number of pyridine rings is 1. The average Bonchev–Trinajstić information content (AvgIpc) is 2.69. The van der Waals surface area contributed by atoms with E-state index in [-0.39, 0.29) is 24.6 Å². The van der Waals surface area contributed by atoms with Gasteiger partial charge in [-0.15, -0.1) is 11.8 Å². The highest BCUT2D eigenvalue weighted by atomic mass is 79.9. The Morgan fingerprint density at radius 2 is 1.86 bits per heavy atom. The molecule has 28 heavy (non-hydrogen) atoms. The van der Waals surface area contributed by atoms with Crippen LogP contribution in [0.1, 0.15) is 12.1 Å². The zero-order valence-corrected chi connectivity index (χ0v) is 17.2. The number of benzene rings is 2. The number of hydrogen-bond donors (Lipinski definition) is 0. The minimum absolute atomic E-state index is 0.0444. The van der Waals surface area contributed by atoms with Gasteiger partial charge < -0.3 is 4.90 Å². The molecule has 0 fully saturated rings. The third-order valence-electron chi connectivity index (χ3n) is 3.96. The van der Waals surface area contributed by atoms with Crippen molar-refractivity contribution in [1.29, 1.82) is 0 Å². The SMILES string of the molecule is O=C(CCSc1ccccc1Br)N(Cc1ccccn1)c1ccc(F)cc1F. The molecule has 3 nitrogen and oxygen atoms in total. The quantitative estimate of drug-likeness (QED) is 0.413. The molecule has 2 aromatic carbocycles. The molecule has 0 aliphatic rings. The van der Waals surface area contributed by atoms with E-state index >= 15 is 0 Å². The number of anilines is 1. The van der Waals surface area contributed by atoms with Crippen molar-refractivity contribution >= 4 is 39.3 Å². The Morgan fingerprint density at radius 1 is 1.07 bits per heavy atom. The number of halogens is 3. The Kier molecular flexibility index (Phi) is 7.17. The molecule has 0 saturated heterocycles. The lowest BCUT2D eigenvalue weighted by Crippen LogP contribution is -2.31. The van der Waals surface area contributed by atoms with Gasteiger partial charge in [-0.2, -0.15) is 0 Å². The lowest BCUT2D eigenvalue weighted by atomic mass is 10.2. The van der Waals surface area contributed by atoms with Crippen molar-refractivity contribution in [1.82, 2.24) is 4.98 Å². The summed E-state index contributed by atoms with van der Waals surface area (Å²) in [6, 6.07) is 16.3. The first-order chi connectivity index (χ1) is 13.5. The molecule has 0 N–H and O–H groups in total. The third kappa shape index (κ3) is 5.39. The number of amides is 1. The standard InChI is InChI=1S/C21H17BrF2N2OS/c22-17-6-1-2-7-20(17)28-12-10-21(27)26(14-16-5-3-4-11-25-16)19-9-8-15(23)13-18(19)24/h1-9,11,13H,10,12,14H2. The van der Waals surface area contributed by atoms with Crippen LogP contribution >= 0.6 is 27.7 Å². The fraction of sp³-hybridized carbons (Fsp3) is 0.143. The van der Waals surface area contributed by atoms with Crippen LogP contribution in [-0.2, 0) is 11.3 Å². The Hall–Kier alpha value is -2.25. The van der Waals surface area contributed by atoms with Crippen molar-refractivity contribution in [2.24, 2.45) is 0 Å². The largest absolute Gasteiger partial charge is 0.304 e. The number of carbonyl (C=O) groups is 1. The summed E-state index contributed by atoms with van der Waals surface area (Å²) in [6.45, 7) is 0.113. The van der Waals surface area contributed by atoms with Crippen molar-refractivity contribution < 1.29 is 13.6 Å². The first kappa shape index (κ1) is 20.5. The van der Waals surface area contributed by atoms with Gasteiger partial charge in [-0.05, 0) is 52.3 Å². The second-order valence-electron chi connectivity index (χ2n) is 5.93. The van der Waals surface area contributed by atoms with Gasteiger partial charge in [-0.25, -0.2) is 8.78 Å². The van der Waals surface area contributed by atoms with Crippen LogP contribution in [-0.4, -0.2) is 16.6 Å². The van der Waals surface area contributed by atoms with Crippen LogP contribution in [0.5, 0.6) is 0 Å². The maximum Gasteiger partial charge on any atom is 0.228 e. The topological polar surface area (TPSA) is 33.2 Å². The monoisotopic (exact) mass is 462 g/mol. The van der Waals surface area contributed by atoms with E-state index in [1.54, 1.807) is 24.4 Å². The summed E-state index contributed by atoms with van der Waals surface area (Å²) in [5, 5.41) is 0. The maximum atomic E-state index is 14.3. The van der Waals surface area contributed by atoms with E-state index in [2.05, 4.69) is 20.9 Å². The van der Waals surface area contributed by atoms with Crippen LogP contribution in [0.2, 0.25) is 0 Å². The van der Waals surface area contributed by atoms with Gasteiger partial charge >= 0.3 is 0 Å². The molecule has 1 aromatic heterocycles. The molecule has 0 unspecified atom stereocenters. The summed E-state index contributed by atoms with van der Waals surface area (Å²) in [4.78, 5) is 19.4. The molecule has 144 valence electrons. The van der Waals surface area contributed by atoms with E-state index in [9.17, 15) is 13.6 Å². The molecule has 0 saturated carbocycles. The maximum absolute atomic E-state index is 14.3. The number of nitrogens with zero attached hydrogens (tertiary/aromatic N) is 2. The normalized spacial score (nSPS) is 10.7. The zero-order chi connectivity index (χ0) is 19.9. The Labute approximate surface area is 174 Å². The summed E-state index contributed by atoms with van der Waals surface area (Å²) in [6.07, 6.45) is 1.82. The predicted molar refractivity (Wildman–Crippen MR) is 111 cm³/mol. The number of hydrogen-bond acceptors (Lipinski definition) is 3. The van der Waals surface area contributed by atoms with Gasteiger partial charge in [0, 0.05) is 33.8 Å². The molecule has 1 amide bonds. The molecule has 0 bridgehead atoms. The van der Waals surface area contributed by atoms with Crippen molar-refractivity contribution in [3.05, 3.63) is 88.7 Å². The molecule has 3 rings (SSSR count). The van der Waals surface area contributed by atoms with Crippen LogP contribution in [0.4, 0.5) is 14.5 Å². The van der Waals surface area contributed by atoms with E-state index in [1.807, 2.05) is 24.3 Å². The smallest absolute Gasteiger partial charge is 0.228 e. The van der Waals surface area contributed by atoms with Crippen molar-refractivity contribution in [3.63, 3.8) is 0 Å². The molecule has 1 heterocycles. The molecule has 7 heteroatoms. The van der Waals surface area contributed by atoms with Crippen LogP contribution in [0.25, 0.3) is 0 Å². The van der Waals surface area contributed by atoms with E-state index < -0.39 is 11.6 Å². The van der Waals surface area contributed by atoms with Crippen LogP contribution in [0, 0.1) is 11.6 Å². The second kappa shape index (κ2) is 9.80. The highest BCUT2D eigenvalue weighted by Crippen LogP contribution is 2.28. The van der Waals surface area contributed by atoms with Gasteiger partial charge in [0.15, 0.2) is 0 Å². The lowest BCUT2D eigenvalue weighted by Gasteiger charge is -2.23. The number of carbonyl (C=O) groups excluding carboxylic acids is 1. The fourth-order valence-electron chi connectivity index (χ4n) is 2.61. The first-order valence-corrected chi connectivity index (χ1v) is 10.3. The first-order valence-electron chi connectivity index (χ1n) is 8.57. The molecule has 0 radical (unpaired) electrons. The average molecular weight is 463 g/mol. The van der Waals surface area contributed by atoms with Gasteiger partial charge in [-0.1, -0.05) is 18.2 Å². The van der Waals surface area contributed by atoms with E-state index in [0.29, 0.717) is 11.4 Å². The Morgan fingerprint density at radius 3 is 2.57 bits per heavy atom. The summed E-state index contributed by atoms with van der Waals surface area (Å²) in [5.41, 5.74) is 0.668. The highest BCUT2D eigenvalue weighted by Gasteiger charge is 2.20. The Bertz CT molecular complexity index is 956. The summed E-state index contributed by atoms with van der Waals surface area (Å²) >= 11 is 5.02. The van der Waals surface area contributed by atoms with Crippen LogP contribution in [0.15, 0.2) is 76.2 Å². The van der Waals surface area contributed by atoms with E-state index in [1.165, 1.54) is 22.7 Å². The highest BCUT2D eigenvalue weighted by molar-refractivity contribution is 9.10. The number of aromatic nitrogens is 1. The van der Waals surface area contributed by atoms with Crippen molar-refractivity contribution in [3.8, 4) is 0 Å². The molecule has 0 spiro atoms. The van der Waals surface area contributed by atoms with E-state index in [4.69, 9.17) is 0 Å². The molecular weight excluding hydrogens is 446 g/mol. The molecule has 0 aliphatic carbocycles. The minimum atomic E-state index is -0.775. The molecule has 0 aliphatic heterocycles. The lowest BCUT2D eigenvalue weighted by molar-refractivity contribution is -0.118. The van der Waals surface area contributed by atoms with Gasteiger partial charge in [0.1, 0.15) is 11.6 Å². The predicted octanol–water partition coefficient (Wildman–Crippen LogP) is 5.84. The van der Waals surface area contributed by atoms with Gasteiger partial charge in [-0.3, -0.25) is 9.78 Å². The van der Waals surface area contributed by atoms with Gasteiger partial charge in [0.05, 0.1) is 17.9 Å². The molecular formula is C21H17BrF2N2OS. The fourth-order valence-corrected chi connectivity index (χ4v) is 4.11. The van der Waals surface area contributed by atoms with Gasteiger partial charge in [0.2, 0.25) is 5.91 Å². The minimum Gasteiger partial charge on any atom is -0.304 e. The summed E-state index contributed by atoms with van der Waals surface area (Å²) in [7, 11) is 0. The van der Waals surface area contributed by atoms with Gasteiger partial charge in [0.25, 0.3) is 0 Å². The molecule has 3 aromatic rings. The number of thioether (sulfide) groups is 1. The van der Waals surface area contributed by atoms with Crippen LogP contribution < -0.4 is 4.90 Å². The summed E-state index contributed by atoms with van der Waals surface area (Å²) < 4.78 is 28.6. The van der Waals surface area contributed by atoms with Crippen molar-refractivity contribution in [2.75, 3.05) is 10.7 Å².